The van der Waals surface area contributed by atoms with Gasteiger partial charge in [0.05, 0.1) is 41.9 Å². The van der Waals surface area contributed by atoms with E-state index >= 15 is 4.79 Å². The zero-order valence-corrected chi connectivity index (χ0v) is 45.0. The molecule has 2 bridgehead atoms. The van der Waals surface area contributed by atoms with E-state index < -0.39 is 83.6 Å². The molecule has 67 heavy (non-hydrogen) atoms. The fraction of sp³-hybridized carbons (Fsp3) is 0.944. The molecule has 13 nitrogen and oxygen atoms in total. The fourth-order valence-electron chi connectivity index (χ4n) is 11.5. The summed E-state index contributed by atoms with van der Waals surface area (Å²) in [5.74, 6) is -1.66. The Morgan fingerprint density at radius 2 is 1.42 bits per heavy atom. The molecule has 0 amide bonds. The van der Waals surface area contributed by atoms with Crippen LogP contribution in [-0.4, -0.2) is 129 Å². The van der Waals surface area contributed by atoms with E-state index in [4.69, 9.17) is 47.4 Å². The minimum absolute atomic E-state index is 0.0133. The smallest absolute Gasteiger partial charge is 0.311 e. The van der Waals surface area contributed by atoms with Gasteiger partial charge in [-0.15, -0.1) is 0 Å². The molecule has 0 spiro atoms. The molecule has 392 valence electrons. The van der Waals surface area contributed by atoms with E-state index in [0.29, 0.717) is 44.8 Å². The molecule has 0 saturated carbocycles. The number of carbonyl (C=O) groups excluding carboxylic acids is 1. The summed E-state index contributed by atoms with van der Waals surface area (Å²) in [7, 11) is 3.68. The molecule has 17 atom stereocenters. The van der Waals surface area contributed by atoms with Gasteiger partial charge in [-0.05, 0) is 93.2 Å². The van der Waals surface area contributed by atoms with Crippen molar-refractivity contribution in [3.05, 3.63) is 11.3 Å². The molecule has 3 fully saturated rings. The highest BCUT2D eigenvalue weighted by atomic mass is 16.7. The molecular formula is C54H99NO12. The minimum Gasteiger partial charge on any atom is -0.488 e. The average Bonchev–Trinajstić information content (AvgIpc) is 3.61. The number of hydrogen-bond donors (Lipinski definition) is 2. The van der Waals surface area contributed by atoms with Crippen molar-refractivity contribution in [3.8, 4) is 0 Å². The highest BCUT2D eigenvalue weighted by molar-refractivity contribution is 5.73. The van der Waals surface area contributed by atoms with Crippen molar-refractivity contribution in [1.29, 1.82) is 0 Å². The average molecular weight is 954 g/mol. The number of aliphatic hydroxyl groups is 1. The van der Waals surface area contributed by atoms with Crippen LogP contribution in [0.25, 0.3) is 0 Å². The number of unbranched alkanes of at least 4 members (excludes halogenated alkanes) is 9. The van der Waals surface area contributed by atoms with Crippen LogP contribution in [-0.2, 0) is 52.2 Å². The van der Waals surface area contributed by atoms with Crippen LogP contribution in [0.3, 0.4) is 0 Å². The molecule has 2 unspecified atom stereocenters. The zero-order valence-electron chi connectivity index (χ0n) is 45.0. The monoisotopic (exact) mass is 954 g/mol. The highest BCUT2D eigenvalue weighted by Crippen LogP contribution is 2.48. The van der Waals surface area contributed by atoms with Gasteiger partial charge in [0.1, 0.15) is 41.4 Å². The molecule has 4 aliphatic heterocycles. The van der Waals surface area contributed by atoms with Crippen LogP contribution in [0.15, 0.2) is 11.3 Å². The SMILES string of the molecule is CCCCCCO[C@H]1C(O[C@@H]2[C@@H](C)[C@H](OC3C[C@@](C)(OC)[C@@H](OCCCCCC)[C@H](C)O3)[C@@H](C)C(=O)O[C@@H]([C@](C)(O)[C@@H](CC)OCCCCCC)[C@H](C)C3=C(C)C[C@@]2(C)O3)O[C@H](C)C[C@@H]1NC. The van der Waals surface area contributed by atoms with Crippen LogP contribution in [0.2, 0.25) is 0 Å². The van der Waals surface area contributed by atoms with Crippen molar-refractivity contribution in [2.24, 2.45) is 17.8 Å². The molecule has 4 heterocycles. The first kappa shape index (κ1) is 58.2. The van der Waals surface area contributed by atoms with Crippen molar-refractivity contribution in [2.45, 2.75) is 277 Å². The minimum atomic E-state index is -1.57. The number of fused-ring (bicyclic) bond motifs is 2. The summed E-state index contributed by atoms with van der Waals surface area (Å²) in [6.07, 6.45) is 9.31. The standard InChI is InChI=1S/C54H99NO12/c1-16-20-23-26-29-59-42(19-4)54(13,57)48-37(7)44-35(5)33-53(12,67-44)47(66-51-46(60-30-27-24-21-17-2)41(55-14)32-36(6)62-51)38(8)45(39(9)50(56)65-48)64-43-34-52(11,58-15)49(40(10)63-43)61-31-28-25-22-18-3/h36-43,45-49,51,55,57H,16-34H2,1-15H3/t36-,37-,38+,39-,40+,41+,42-,43?,45+,46-,47-,48-,49+,51?,52-,53-,54-/m1/s1. The molecule has 4 rings (SSSR count). The van der Waals surface area contributed by atoms with E-state index in [-0.39, 0.29) is 24.4 Å². The van der Waals surface area contributed by atoms with Crippen LogP contribution in [0.1, 0.15) is 193 Å². The van der Waals surface area contributed by atoms with E-state index in [0.717, 1.165) is 82.6 Å². The molecule has 0 radical (unpaired) electrons. The Labute approximate surface area is 407 Å². The third-order valence-electron chi connectivity index (χ3n) is 15.5. The summed E-state index contributed by atoms with van der Waals surface area (Å²) < 4.78 is 67.9. The highest BCUT2D eigenvalue weighted by Gasteiger charge is 2.57. The van der Waals surface area contributed by atoms with Gasteiger partial charge in [-0.25, -0.2) is 0 Å². The van der Waals surface area contributed by atoms with E-state index in [2.05, 4.69) is 60.7 Å². The number of nitrogens with one attached hydrogen (secondary N) is 1. The lowest BCUT2D eigenvalue weighted by molar-refractivity contribution is -0.320. The first-order valence-corrected chi connectivity index (χ1v) is 26.9. The molecular weight excluding hydrogens is 855 g/mol. The normalized spacial score (nSPS) is 37.7. The Morgan fingerprint density at radius 1 is 0.806 bits per heavy atom. The molecule has 0 aliphatic carbocycles. The van der Waals surface area contributed by atoms with Crippen LogP contribution in [0.5, 0.6) is 0 Å². The molecule has 13 heteroatoms. The van der Waals surface area contributed by atoms with E-state index in [9.17, 15) is 5.11 Å². The van der Waals surface area contributed by atoms with Crippen molar-refractivity contribution < 1.29 is 57.3 Å². The number of esters is 1. The van der Waals surface area contributed by atoms with Crippen molar-refractivity contribution in [2.75, 3.05) is 34.0 Å². The zero-order chi connectivity index (χ0) is 49.5. The number of carbonyl (C=O) groups is 1. The second-order valence-corrected chi connectivity index (χ2v) is 21.4. The Balaban J connectivity index is 1.78. The van der Waals surface area contributed by atoms with Crippen molar-refractivity contribution >= 4 is 5.97 Å². The predicted molar refractivity (Wildman–Crippen MR) is 263 cm³/mol. The topological polar surface area (TPSA) is 142 Å². The number of methoxy groups -OCH3 is 1. The van der Waals surface area contributed by atoms with Gasteiger partial charge < -0.3 is 57.8 Å². The Kier molecular flexibility index (Phi) is 23.8. The molecule has 0 aromatic rings. The van der Waals surface area contributed by atoms with E-state index in [1.165, 1.54) is 6.42 Å². The first-order chi connectivity index (χ1) is 31.9. The summed E-state index contributed by atoms with van der Waals surface area (Å²) >= 11 is 0. The number of likely N-dealkylation sites (N-methyl/N-ethyl adjacent to an activating group) is 1. The van der Waals surface area contributed by atoms with Crippen molar-refractivity contribution in [1.82, 2.24) is 5.32 Å². The van der Waals surface area contributed by atoms with Gasteiger partial charge in [-0.1, -0.05) is 99.3 Å². The second-order valence-electron chi connectivity index (χ2n) is 21.4. The van der Waals surface area contributed by atoms with E-state index in [1.807, 2.05) is 34.7 Å². The summed E-state index contributed by atoms with van der Waals surface area (Å²) in [6.45, 7) is 28.3. The van der Waals surface area contributed by atoms with Gasteiger partial charge in [0.2, 0.25) is 0 Å². The lowest BCUT2D eigenvalue weighted by Crippen LogP contribution is -2.61. The van der Waals surface area contributed by atoms with Gasteiger partial charge in [0.25, 0.3) is 0 Å². The summed E-state index contributed by atoms with van der Waals surface area (Å²) in [6, 6.07) is -0.0133. The van der Waals surface area contributed by atoms with E-state index in [1.54, 1.807) is 14.0 Å². The van der Waals surface area contributed by atoms with Gasteiger partial charge in [-0.2, -0.15) is 0 Å². The lowest BCUT2D eigenvalue weighted by Gasteiger charge is -2.49. The molecule has 2 N–H and O–H groups in total. The summed E-state index contributed by atoms with van der Waals surface area (Å²) in [5.41, 5.74) is -2.25. The van der Waals surface area contributed by atoms with Gasteiger partial charge in [0.15, 0.2) is 12.6 Å². The Bertz CT molecular complexity index is 1480. The molecule has 4 aliphatic rings. The number of hydrogen-bond acceptors (Lipinski definition) is 13. The maximum Gasteiger partial charge on any atom is 0.311 e. The Hall–Kier alpha value is -1.39. The number of cyclic esters (lactones) is 1. The fourth-order valence-corrected chi connectivity index (χ4v) is 11.5. The number of rotatable bonds is 27. The van der Waals surface area contributed by atoms with Gasteiger partial charge >= 0.3 is 5.97 Å². The van der Waals surface area contributed by atoms with Crippen LogP contribution >= 0.6 is 0 Å². The largest absolute Gasteiger partial charge is 0.488 e. The summed E-state index contributed by atoms with van der Waals surface area (Å²) in [4.78, 5) is 15.0. The number of ether oxygens (including phenoxy) is 10. The maximum absolute atomic E-state index is 15.0. The Morgan fingerprint density at radius 3 is 2.00 bits per heavy atom. The third-order valence-corrected chi connectivity index (χ3v) is 15.5. The third kappa shape index (κ3) is 15.1. The van der Waals surface area contributed by atoms with Crippen molar-refractivity contribution in [3.63, 3.8) is 0 Å². The molecule has 0 aromatic carbocycles. The quantitative estimate of drug-likeness (QED) is 0.0597. The predicted octanol–water partition coefficient (Wildman–Crippen LogP) is 10.4. The van der Waals surface area contributed by atoms with Crippen LogP contribution in [0, 0.1) is 17.8 Å². The molecule has 3 saturated heterocycles. The molecule has 0 aromatic heterocycles. The van der Waals surface area contributed by atoms with Crippen LogP contribution in [0.4, 0.5) is 0 Å². The summed E-state index contributed by atoms with van der Waals surface area (Å²) in [5, 5.41) is 16.2. The van der Waals surface area contributed by atoms with Crippen LogP contribution < -0.4 is 5.32 Å². The second kappa shape index (κ2) is 27.4. The van der Waals surface area contributed by atoms with Gasteiger partial charge in [0, 0.05) is 51.7 Å². The van der Waals surface area contributed by atoms with Gasteiger partial charge in [-0.3, -0.25) is 4.79 Å². The lowest BCUT2D eigenvalue weighted by atomic mass is 9.78. The first-order valence-electron chi connectivity index (χ1n) is 26.9. The maximum atomic E-state index is 15.0.